The smallest absolute Gasteiger partial charge is 0.328 e. The van der Waals surface area contributed by atoms with Gasteiger partial charge < -0.3 is 138 Å². The monoisotopic (exact) mass is 1970 g/mol. The van der Waals surface area contributed by atoms with Gasteiger partial charge in [-0.2, -0.15) is 0 Å². The van der Waals surface area contributed by atoms with Gasteiger partial charge in [0.25, 0.3) is 11.8 Å². The fourth-order valence-corrected chi connectivity index (χ4v) is 15.2. The van der Waals surface area contributed by atoms with E-state index in [1.165, 1.54) is 45.6 Å². The van der Waals surface area contributed by atoms with Crippen molar-refractivity contribution in [2.24, 2.45) is 64.5 Å². The Morgan fingerprint density at radius 1 is 0.468 bits per heavy atom. The Labute approximate surface area is 815 Å². The summed E-state index contributed by atoms with van der Waals surface area (Å²) in [6.07, 6.45) is 2.00. The fraction of sp³-hybridized carbons (Fsp3) is 0.742. The number of aliphatic hydroxyl groups is 4. The first-order valence-corrected chi connectivity index (χ1v) is 48.4. The number of amides is 19. The molecule has 2 rings (SSSR count). The number of carbonyl (C=O) groups is 20. The van der Waals surface area contributed by atoms with Crippen LogP contribution in [0.15, 0.2) is 23.5 Å². The number of aliphatic hydroxyl groups excluding tert-OH is 4. The van der Waals surface area contributed by atoms with Crippen molar-refractivity contribution < 1.29 is 121 Å². The van der Waals surface area contributed by atoms with E-state index in [0.717, 1.165) is 18.9 Å². The molecular weight excluding hydrogens is 1810 g/mol. The third-order valence-electron chi connectivity index (χ3n) is 23.2. The van der Waals surface area contributed by atoms with E-state index in [2.05, 4.69) is 90.4 Å². The van der Waals surface area contributed by atoms with Crippen molar-refractivity contribution >= 4 is 118 Å². The molecule has 0 aliphatic carbocycles. The van der Waals surface area contributed by atoms with Crippen LogP contribution in [0.25, 0.3) is 0 Å². The summed E-state index contributed by atoms with van der Waals surface area (Å²) in [5.74, 6) is -23.8. The Morgan fingerprint density at radius 2 is 0.892 bits per heavy atom. The number of allylic oxidation sites excluding steroid dienone is 2. The summed E-state index contributed by atoms with van der Waals surface area (Å²) < 4.78 is 5.80. The lowest BCUT2D eigenvalue weighted by Gasteiger charge is -2.31. The number of rotatable bonds is 56. The van der Waals surface area contributed by atoms with Crippen LogP contribution in [0.4, 0.5) is 0 Å². The average molecular weight is 1970 g/mol. The maximum Gasteiger partial charge on any atom is 0.328 e. The van der Waals surface area contributed by atoms with E-state index in [9.17, 15) is 116 Å². The number of esters is 1. The molecule has 2 fully saturated rings. The van der Waals surface area contributed by atoms with Gasteiger partial charge in [0.1, 0.15) is 114 Å². The van der Waals surface area contributed by atoms with Crippen molar-refractivity contribution in [1.82, 2.24) is 95.3 Å². The Morgan fingerprint density at radius 3 is 1.32 bits per heavy atom. The van der Waals surface area contributed by atoms with Crippen LogP contribution in [0.5, 0.6) is 0 Å². The van der Waals surface area contributed by atoms with Gasteiger partial charge in [0, 0.05) is 19.6 Å². The number of nitrogens with two attached hydrogens (primary N) is 3. The van der Waals surface area contributed by atoms with Gasteiger partial charge in [-0.15, -0.1) is 0 Å². The molecule has 0 radical (unpaired) electrons. The van der Waals surface area contributed by atoms with Crippen LogP contribution in [0.1, 0.15) is 248 Å². The molecule has 0 bridgehead atoms. The molecule has 0 spiro atoms. The minimum atomic E-state index is -1.89. The van der Waals surface area contributed by atoms with Crippen LogP contribution in [-0.2, 0) is 101 Å². The van der Waals surface area contributed by atoms with Crippen molar-refractivity contribution in [1.29, 1.82) is 0 Å². The molecule has 2 aliphatic rings. The number of carbonyl (C=O) groups excluding carboxylic acids is 20. The molecule has 2 saturated heterocycles. The van der Waals surface area contributed by atoms with E-state index in [-0.39, 0.29) is 101 Å². The highest BCUT2D eigenvalue weighted by atomic mass is 16.5. The summed E-state index contributed by atoms with van der Waals surface area (Å²) in [5, 5.41) is 84.7. The first-order chi connectivity index (χ1) is 65.2. The van der Waals surface area contributed by atoms with Gasteiger partial charge in [-0.05, 0) is 158 Å². The zero-order valence-electron chi connectivity index (χ0n) is 84.5. The number of nitrogens with zero attached hydrogens (tertiary/aromatic N) is 1. The Hall–Kier alpha value is -11.4. The second-order valence-corrected chi connectivity index (χ2v) is 38.4. The predicted molar refractivity (Wildman–Crippen MR) is 511 cm³/mol. The van der Waals surface area contributed by atoms with Gasteiger partial charge in [0.15, 0.2) is 0 Å². The maximum atomic E-state index is 14.7. The highest BCUT2D eigenvalue weighted by Crippen LogP contribution is 2.23. The van der Waals surface area contributed by atoms with Gasteiger partial charge in [-0.1, -0.05) is 149 Å². The molecule has 46 heteroatoms. The standard InChI is InChI=1S/C93H161N21O25/c1-21-24-25-29-55(118)43-69(120)97-57(23-3)92(137)114-38-28-31-67(114)85(130)106-65(44-116)83(128)104-63(41-47(6)7)81(126)109-71(50(12)13)89(134)107-66(45-117)84(129)105-64(42-48(8)9)82(127)110-74(53(18)19)90(135)111-72(51(14)15)87(132)100-58(32-33-68(96)119)77(122)103-62(40-46(4)5)80(125)108-70(49(10)11)86(131)98-56(22-2)76(121)113-75-54(20)139-93(138)61(30-26-27-36-94)102-78(123)59(34-37-95)99-79(124)60(35-39-115)101-88(133)73(52(16)17)112-91(75)136/h22-23,46-55,58-67,70-75,115-118H,21,24-45,94-95H2,1-20H3,(H2,96,119)(H,97,120)(H,98,131)(H,99,124)(H,100,132)(H,101,133)(H,102,123)(H,103,122)(H,104,128)(H,105,129)(H,106,130)(H,107,134)(H,108,125)(H,109,126)(H,110,127)(H,111,135)(H,112,136)(H,113,121)/b56-22-,57-23-. The summed E-state index contributed by atoms with van der Waals surface area (Å²) in [4.78, 5) is 283. The number of hydrogen-bond acceptors (Lipinski definition) is 27. The molecule has 2 heterocycles. The summed E-state index contributed by atoms with van der Waals surface area (Å²) in [6, 6.07) is -24.2. The molecule has 27 N–H and O–H groups in total. The zero-order chi connectivity index (χ0) is 106. The van der Waals surface area contributed by atoms with Gasteiger partial charge in [0.05, 0.1) is 25.7 Å². The number of primary amides is 1. The second-order valence-electron chi connectivity index (χ2n) is 38.4. The maximum absolute atomic E-state index is 14.7. The molecule has 0 aromatic heterocycles. The summed E-state index contributed by atoms with van der Waals surface area (Å²) in [7, 11) is 0. The average Bonchev–Trinajstić information content (AvgIpc) is 1.67. The summed E-state index contributed by atoms with van der Waals surface area (Å²) >= 11 is 0. The minimum absolute atomic E-state index is 0.0437. The Kier molecular flexibility index (Phi) is 55.7. The van der Waals surface area contributed by atoms with Gasteiger partial charge in [0.2, 0.25) is 100 Å². The van der Waals surface area contributed by atoms with Crippen molar-refractivity contribution in [2.75, 3.05) is 39.5 Å². The Balaban J connectivity index is 2.44. The van der Waals surface area contributed by atoms with E-state index in [0.29, 0.717) is 25.7 Å². The molecule has 18 unspecified atom stereocenters. The molecule has 46 nitrogen and oxygen atoms in total. The minimum Gasteiger partial charge on any atom is -0.458 e. The number of unbranched alkanes of at least 4 members (excludes halogenated alkanes) is 3. The number of cyclic esters (lactones) is 1. The third-order valence-corrected chi connectivity index (χ3v) is 23.2. The van der Waals surface area contributed by atoms with Crippen LogP contribution in [0, 0.1) is 47.3 Å². The fourth-order valence-electron chi connectivity index (χ4n) is 15.2. The van der Waals surface area contributed by atoms with Gasteiger partial charge >= 0.3 is 5.97 Å². The second kappa shape index (κ2) is 62.6. The van der Waals surface area contributed by atoms with Crippen LogP contribution < -0.4 is 108 Å². The summed E-state index contributed by atoms with van der Waals surface area (Å²) in [6.45, 7) is 29.4. The molecular formula is C93H161N21O25. The lowest BCUT2D eigenvalue weighted by Crippen LogP contribution is -2.63. The predicted octanol–water partition coefficient (Wildman–Crippen LogP) is -3.91. The number of likely N-dealkylation sites (tertiary alicyclic amines) is 1. The first kappa shape index (κ1) is 124. The molecule has 0 aromatic rings. The highest BCUT2D eigenvalue weighted by Gasteiger charge is 2.44. The highest BCUT2D eigenvalue weighted by molar-refractivity contribution is 6.05. The van der Waals surface area contributed by atoms with Gasteiger partial charge in [-0.3, -0.25) is 91.1 Å². The lowest BCUT2D eigenvalue weighted by molar-refractivity contribution is -0.156. The van der Waals surface area contributed by atoms with Crippen LogP contribution in [0.2, 0.25) is 0 Å². The number of nitrogens with one attached hydrogen (secondary N) is 17. The van der Waals surface area contributed by atoms with E-state index >= 15 is 0 Å². The van der Waals surface area contributed by atoms with Gasteiger partial charge in [-0.25, -0.2) is 4.79 Å². The summed E-state index contributed by atoms with van der Waals surface area (Å²) in [5.41, 5.74) is 16.5. The van der Waals surface area contributed by atoms with Crippen molar-refractivity contribution in [3.05, 3.63) is 23.5 Å². The van der Waals surface area contributed by atoms with Crippen molar-refractivity contribution in [2.45, 2.75) is 357 Å². The molecule has 0 aromatic carbocycles. The number of hydrogen-bond donors (Lipinski definition) is 24. The van der Waals surface area contributed by atoms with Crippen molar-refractivity contribution in [3.8, 4) is 0 Å². The largest absolute Gasteiger partial charge is 0.458 e. The van der Waals surface area contributed by atoms with Crippen LogP contribution >= 0.6 is 0 Å². The molecule has 18 atom stereocenters. The Bertz CT molecular complexity index is 4200. The first-order valence-electron chi connectivity index (χ1n) is 48.4. The molecule has 19 amide bonds. The van der Waals surface area contributed by atoms with E-state index in [1.54, 1.807) is 96.9 Å². The normalized spacial score (nSPS) is 19.9. The number of ether oxygens (including phenoxy) is 1. The zero-order valence-corrected chi connectivity index (χ0v) is 84.5. The SMILES string of the molecule is C/C=C(\NC(=O)C(NC(=O)C(CC(C)C)NC(=O)C(CCC(N)=O)NC(=O)C(NC(=O)C(NC(=O)C(CC(C)C)NC(=O)C(CO)NC(=O)C(NC(=O)C(CC(C)C)NC(=O)C(CO)NC(=O)C1CCCN1C(=O)/C(=C/C)NC(=O)CC(O)CCCCC)C(C)C)C(C)C)C(C)C)C(C)C)C(=O)NC1C(=O)NC(C(C)C)C(=O)NC(CCO)C(=O)NC(CCN)C(=O)NC(CCCCN)C(=O)OC1C. The van der Waals surface area contributed by atoms with E-state index in [4.69, 9.17) is 21.9 Å². The molecule has 788 valence electrons. The van der Waals surface area contributed by atoms with E-state index in [1.807, 2.05) is 6.92 Å². The quantitative estimate of drug-likeness (QED) is 0.0157. The topological polar surface area (TPSA) is 717 Å². The van der Waals surface area contributed by atoms with E-state index < -0.39 is 295 Å². The third kappa shape index (κ3) is 42.3. The molecule has 139 heavy (non-hydrogen) atoms. The lowest BCUT2D eigenvalue weighted by atomic mass is 9.97. The van der Waals surface area contributed by atoms with Crippen molar-refractivity contribution in [3.63, 3.8) is 0 Å². The van der Waals surface area contributed by atoms with Crippen LogP contribution in [0.3, 0.4) is 0 Å². The molecule has 2 aliphatic heterocycles. The molecule has 0 saturated carbocycles. The van der Waals surface area contributed by atoms with Crippen LogP contribution in [-0.4, -0.2) is 292 Å².